The van der Waals surface area contributed by atoms with Crippen LogP contribution in [0, 0.1) is 12.8 Å². The summed E-state index contributed by atoms with van der Waals surface area (Å²) in [5, 5.41) is 3.96. The molecular weight excluding hydrogens is 322 g/mol. The monoisotopic (exact) mass is 335 g/mol. The average molecular weight is 336 g/mol. The lowest BCUT2D eigenvalue weighted by Crippen LogP contribution is -2.28. The number of halogens is 1. The van der Waals surface area contributed by atoms with Gasteiger partial charge >= 0.3 is 0 Å². The Morgan fingerprint density at radius 1 is 1.41 bits per heavy atom. The summed E-state index contributed by atoms with van der Waals surface area (Å²) >= 11 is 7.27. The molecule has 7 heteroatoms. The van der Waals surface area contributed by atoms with E-state index in [2.05, 4.69) is 10.3 Å². The zero-order valence-corrected chi connectivity index (χ0v) is 13.4. The quantitative estimate of drug-likeness (QED) is 0.937. The van der Waals surface area contributed by atoms with E-state index in [0.29, 0.717) is 16.7 Å². The molecule has 2 amide bonds. The molecule has 0 aliphatic carbocycles. The molecule has 2 heterocycles. The lowest BCUT2D eigenvalue weighted by Gasteiger charge is -2.16. The Bertz CT molecular complexity index is 714. The number of nitrogens with zero attached hydrogens (tertiary/aromatic N) is 2. The number of amides is 2. The van der Waals surface area contributed by atoms with Gasteiger partial charge in [-0.1, -0.05) is 11.6 Å². The van der Waals surface area contributed by atoms with Crippen LogP contribution < -0.4 is 10.2 Å². The maximum absolute atomic E-state index is 12.3. The largest absolute Gasteiger partial charge is 0.312 e. The van der Waals surface area contributed by atoms with Crippen molar-refractivity contribution in [1.82, 2.24) is 4.98 Å². The van der Waals surface area contributed by atoms with Crippen LogP contribution in [-0.4, -0.2) is 23.3 Å². The molecule has 3 rings (SSSR count). The fourth-order valence-electron chi connectivity index (χ4n) is 2.37. The Morgan fingerprint density at radius 2 is 2.14 bits per heavy atom. The standard InChI is InChI=1S/C15H14ClN3O2S/c1-9-7-17-15(22-9)18-14(21)10-6-13(20)19(8-10)12-4-2-11(16)3-5-12/h2-5,7,10H,6,8H2,1H3,(H,17,18,21)/t10-/m0/s1. The molecule has 5 nitrogen and oxygen atoms in total. The third-order valence-corrected chi connectivity index (χ3v) is 4.57. The van der Waals surface area contributed by atoms with Crippen LogP contribution >= 0.6 is 22.9 Å². The predicted molar refractivity (Wildman–Crippen MR) is 87.4 cm³/mol. The lowest BCUT2D eigenvalue weighted by atomic mass is 10.1. The minimum absolute atomic E-state index is 0.0576. The molecule has 1 aliphatic rings. The number of nitrogens with one attached hydrogen (secondary N) is 1. The number of rotatable bonds is 3. The third-order valence-electron chi connectivity index (χ3n) is 3.49. The number of hydrogen-bond donors (Lipinski definition) is 1. The molecule has 22 heavy (non-hydrogen) atoms. The van der Waals surface area contributed by atoms with Gasteiger partial charge < -0.3 is 10.2 Å². The number of hydrogen-bond acceptors (Lipinski definition) is 4. The predicted octanol–water partition coefficient (Wildman–Crippen LogP) is 3.10. The van der Waals surface area contributed by atoms with Gasteiger partial charge in [0.2, 0.25) is 11.8 Å². The van der Waals surface area contributed by atoms with Crippen molar-refractivity contribution >= 4 is 45.6 Å². The molecule has 1 aromatic heterocycles. The molecule has 114 valence electrons. The van der Waals surface area contributed by atoms with E-state index >= 15 is 0 Å². The van der Waals surface area contributed by atoms with Crippen molar-refractivity contribution in [2.45, 2.75) is 13.3 Å². The van der Waals surface area contributed by atoms with Gasteiger partial charge in [-0.3, -0.25) is 9.59 Å². The van der Waals surface area contributed by atoms with E-state index < -0.39 is 0 Å². The van der Waals surface area contributed by atoms with Gasteiger partial charge in [-0.25, -0.2) is 4.98 Å². The van der Waals surface area contributed by atoms with E-state index in [0.717, 1.165) is 10.6 Å². The van der Waals surface area contributed by atoms with Gasteiger partial charge in [-0.05, 0) is 31.2 Å². The van der Waals surface area contributed by atoms with Gasteiger partial charge in [0, 0.05) is 34.7 Å². The number of aryl methyl sites for hydroxylation is 1. The van der Waals surface area contributed by atoms with Crippen molar-refractivity contribution in [3.05, 3.63) is 40.4 Å². The van der Waals surface area contributed by atoms with Crippen LogP contribution in [0.3, 0.4) is 0 Å². The van der Waals surface area contributed by atoms with Crippen LogP contribution in [0.2, 0.25) is 5.02 Å². The summed E-state index contributed by atoms with van der Waals surface area (Å²) < 4.78 is 0. The van der Waals surface area contributed by atoms with Gasteiger partial charge in [-0.2, -0.15) is 0 Å². The summed E-state index contributed by atoms with van der Waals surface area (Å²) in [6.45, 7) is 2.30. The van der Waals surface area contributed by atoms with Crippen molar-refractivity contribution in [3.8, 4) is 0 Å². The number of carbonyl (C=O) groups is 2. The highest BCUT2D eigenvalue weighted by atomic mass is 35.5. The Balaban J connectivity index is 1.68. The van der Waals surface area contributed by atoms with Crippen molar-refractivity contribution < 1.29 is 9.59 Å². The molecule has 0 unspecified atom stereocenters. The molecule has 0 saturated carbocycles. The maximum Gasteiger partial charge on any atom is 0.231 e. The Hall–Kier alpha value is -1.92. The molecule has 1 atom stereocenters. The summed E-state index contributed by atoms with van der Waals surface area (Å²) in [6, 6.07) is 7.03. The van der Waals surface area contributed by atoms with Crippen molar-refractivity contribution in [2.24, 2.45) is 5.92 Å². The normalized spacial score (nSPS) is 17.8. The van der Waals surface area contributed by atoms with Crippen molar-refractivity contribution in [1.29, 1.82) is 0 Å². The number of aromatic nitrogens is 1. The zero-order chi connectivity index (χ0) is 15.7. The highest BCUT2D eigenvalue weighted by molar-refractivity contribution is 7.15. The second kappa shape index (κ2) is 6.06. The first-order chi connectivity index (χ1) is 10.5. The van der Waals surface area contributed by atoms with E-state index in [1.165, 1.54) is 11.3 Å². The topological polar surface area (TPSA) is 62.3 Å². The van der Waals surface area contributed by atoms with E-state index in [-0.39, 0.29) is 24.2 Å². The van der Waals surface area contributed by atoms with Gasteiger partial charge in [0.05, 0.1) is 5.92 Å². The van der Waals surface area contributed by atoms with Gasteiger partial charge in [0.1, 0.15) is 0 Å². The van der Waals surface area contributed by atoms with E-state index in [9.17, 15) is 9.59 Å². The van der Waals surface area contributed by atoms with Crippen LogP contribution in [0.15, 0.2) is 30.5 Å². The third kappa shape index (κ3) is 3.13. The summed E-state index contributed by atoms with van der Waals surface area (Å²) in [6.07, 6.45) is 1.92. The van der Waals surface area contributed by atoms with Gasteiger partial charge in [0.15, 0.2) is 5.13 Å². The minimum atomic E-state index is -0.368. The van der Waals surface area contributed by atoms with Crippen molar-refractivity contribution in [3.63, 3.8) is 0 Å². The fourth-order valence-corrected chi connectivity index (χ4v) is 3.17. The van der Waals surface area contributed by atoms with Crippen LogP contribution in [-0.2, 0) is 9.59 Å². The van der Waals surface area contributed by atoms with E-state index in [1.54, 1.807) is 35.4 Å². The van der Waals surface area contributed by atoms with Gasteiger partial charge in [-0.15, -0.1) is 11.3 Å². The maximum atomic E-state index is 12.3. The van der Waals surface area contributed by atoms with Crippen LogP contribution in [0.5, 0.6) is 0 Å². The summed E-state index contributed by atoms with van der Waals surface area (Å²) in [5.74, 6) is -0.593. The smallest absolute Gasteiger partial charge is 0.231 e. The first kappa shape index (κ1) is 15.0. The number of thiazole rings is 1. The molecular formula is C15H14ClN3O2S. The number of anilines is 2. The highest BCUT2D eigenvalue weighted by Crippen LogP contribution is 2.27. The first-order valence-electron chi connectivity index (χ1n) is 6.82. The van der Waals surface area contributed by atoms with E-state index in [1.807, 2.05) is 6.92 Å². The fraction of sp³-hybridized carbons (Fsp3) is 0.267. The summed E-state index contributed by atoms with van der Waals surface area (Å²) in [4.78, 5) is 31.1. The SMILES string of the molecule is Cc1cnc(NC(=O)[C@H]2CC(=O)N(c3ccc(Cl)cc3)C2)s1. The first-order valence-corrected chi connectivity index (χ1v) is 8.01. The molecule has 1 aliphatic heterocycles. The number of carbonyl (C=O) groups excluding carboxylic acids is 2. The minimum Gasteiger partial charge on any atom is -0.312 e. The highest BCUT2D eigenvalue weighted by Gasteiger charge is 2.35. The molecule has 1 fully saturated rings. The van der Waals surface area contributed by atoms with Crippen LogP contribution in [0.1, 0.15) is 11.3 Å². The second-order valence-corrected chi connectivity index (χ2v) is 6.82. The zero-order valence-electron chi connectivity index (χ0n) is 11.9. The van der Waals surface area contributed by atoms with Gasteiger partial charge in [0.25, 0.3) is 0 Å². The number of benzene rings is 1. The Morgan fingerprint density at radius 3 is 2.77 bits per heavy atom. The molecule has 1 aromatic carbocycles. The summed E-state index contributed by atoms with van der Waals surface area (Å²) in [7, 11) is 0. The van der Waals surface area contributed by atoms with Crippen LogP contribution in [0.25, 0.3) is 0 Å². The van der Waals surface area contributed by atoms with E-state index in [4.69, 9.17) is 11.6 Å². The molecule has 0 radical (unpaired) electrons. The Kier molecular flexibility index (Phi) is 4.13. The lowest BCUT2D eigenvalue weighted by molar-refractivity contribution is -0.122. The molecule has 0 bridgehead atoms. The van der Waals surface area contributed by atoms with Crippen molar-refractivity contribution in [2.75, 3.05) is 16.8 Å². The molecule has 1 N–H and O–H groups in total. The molecule has 0 spiro atoms. The molecule has 2 aromatic rings. The average Bonchev–Trinajstić information content (AvgIpc) is 3.06. The Labute approximate surface area is 136 Å². The molecule has 1 saturated heterocycles. The van der Waals surface area contributed by atoms with Crippen LogP contribution in [0.4, 0.5) is 10.8 Å². The summed E-state index contributed by atoms with van der Waals surface area (Å²) in [5.41, 5.74) is 0.759. The second-order valence-electron chi connectivity index (χ2n) is 5.15.